The Labute approximate surface area is 89.9 Å². The number of methoxy groups -OCH3 is 1. The summed E-state index contributed by atoms with van der Waals surface area (Å²) in [6.07, 6.45) is 5.33. The molecule has 0 radical (unpaired) electrons. The van der Waals surface area contributed by atoms with Gasteiger partial charge in [0.05, 0.1) is 12.3 Å². The molecule has 0 saturated heterocycles. The van der Waals surface area contributed by atoms with Crippen molar-refractivity contribution in [2.24, 2.45) is 5.92 Å². The van der Waals surface area contributed by atoms with E-state index < -0.39 is 6.10 Å². The lowest BCUT2D eigenvalue weighted by Crippen LogP contribution is -2.22. The molecule has 0 bridgehead atoms. The number of aliphatic hydroxyl groups excluding tert-OH is 1. The van der Waals surface area contributed by atoms with E-state index in [0.717, 1.165) is 24.9 Å². The van der Waals surface area contributed by atoms with E-state index in [1.54, 1.807) is 13.3 Å². The molecule has 4 nitrogen and oxygen atoms in total. The molecule has 1 fully saturated rings. The molecule has 2 atom stereocenters. The van der Waals surface area contributed by atoms with E-state index in [0.29, 0.717) is 5.92 Å². The molecule has 1 N–H and O–H groups in total. The molecule has 1 aromatic heterocycles. The summed E-state index contributed by atoms with van der Waals surface area (Å²) >= 11 is 0. The van der Waals surface area contributed by atoms with Crippen LogP contribution in [0.4, 0.5) is 0 Å². The van der Waals surface area contributed by atoms with Crippen molar-refractivity contribution in [3.8, 4) is 0 Å². The molecule has 15 heavy (non-hydrogen) atoms. The summed E-state index contributed by atoms with van der Waals surface area (Å²) in [6.45, 7) is 2.85. The third-order valence-electron chi connectivity index (χ3n) is 2.99. The second kappa shape index (κ2) is 4.33. The molecule has 4 heteroatoms. The zero-order valence-electron chi connectivity index (χ0n) is 9.26. The number of hydrogen-bond acceptors (Lipinski definition) is 3. The van der Waals surface area contributed by atoms with E-state index in [9.17, 15) is 5.11 Å². The Kier molecular flexibility index (Phi) is 3.07. The van der Waals surface area contributed by atoms with E-state index >= 15 is 0 Å². The minimum Gasteiger partial charge on any atom is -0.386 e. The van der Waals surface area contributed by atoms with Gasteiger partial charge in [0.1, 0.15) is 6.10 Å². The van der Waals surface area contributed by atoms with Crippen molar-refractivity contribution in [3.63, 3.8) is 0 Å². The molecule has 1 aliphatic rings. The van der Waals surface area contributed by atoms with Gasteiger partial charge in [0.25, 0.3) is 0 Å². The zero-order chi connectivity index (χ0) is 10.8. The number of aryl methyl sites for hydroxylation is 1. The maximum Gasteiger partial charge on any atom is 0.108 e. The SMILES string of the molecule is CCn1cc(C(O)C(OC)C2CC2)cn1. The molecule has 1 aliphatic carbocycles. The standard InChI is InChI=1S/C11H18N2O2/c1-3-13-7-9(6-12-13)10(14)11(15-2)8-4-5-8/h6-8,10-11,14H,3-5H2,1-2H3. The van der Waals surface area contributed by atoms with Crippen LogP contribution in [0.5, 0.6) is 0 Å². The van der Waals surface area contributed by atoms with E-state index in [1.807, 2.05) is 17.8 Å². The molecular formula is C11H18N2O2. The van der Waals surface area contributed by atoms with Crippen molar-refractivity contribution in [1.29, 1.82) is 0 Å². The molecule has 0 amide bonds. The zero-order valence-corrected chi connectivity index (χ0v) is 9.26. The van der Waals surface area contributed by atoms with Crippen LogP contribution in [0.3, 0.4) is 0 Å². The first-order chi connectivity index (χ1) is 7.26. The fourth-order valence-electron chi connectivity index (χ4n) is 1.90. The average molecular weight is 210 g/mol. The predicted molar refractivity (Wildman–Crippen MR) is 56.4 cm³/mol. The largest absolute Gasteiger partial charge is 0.386 e. The highest BCUT2D eigenvalue weighted by Crippen LogP contribution is 2.39. The molecule has 1 aromatic rings. The summed E-state index contributed by atoms with van der Waals surface area (Å²) in [5.74, 6) is 0.523. The van der Waals surface area contributed by atoms with Crippen LogP contribution >= 0.6 is 0 Å². The van der Waals surface area contributed by atoms with Crippen molar-refractivity contribution in [3.05, 3.63) is 18.0 Å². The Bertz CT molecular complexity index is 320. The van der Waals surface area contributed by atoms with Crippen LogP contribution in [0.1, 0.15) is 31.4 Å². The van der Waals surface area contributed by atoms with Crippen LogP contribution in [-0.2, 0) is 11.3 Å². The van der Waals surface area contributed by atoms with Gasteiger partial charge in [0.2, 0.25) is 0 Å². The number of ether oxygens (including phenoxy) is 1. The van der Waals surface area contributed by atoms with Gasteiger partial charge in [0.15, 0.2) is 0 Å². The van der Waals surface area contributed by atoms with Crippen LogP contribution < -0.4 is 0 Å². The smallest absolute Gasteiger partial charge is 0.108 e. The van der Waals surface area contributed by atoms with Gasteiger partial charge in [-0.1, -0.05) is 0 Å². The van der Waals surface area contributed by atoms with Crippen molar-refractivity contribution in [1.82, 2.24) is 9.78 Å². The second-order valence-corrected chi connectivity index (χ2v) is 4.11. The second-order valence-electron chi connectivity index (χ2n) is 4.11. The molecule has 0 aliphatic heterocycles. The summed E-state index contributed by atoms with van der Waals surface area (Å²) in [6, 6.07) is 0. The maximum absolute atomic E-state index is 10.1. The minimum atomic E-state index is -0.539. The van der Waals surface area contributed by atoms with Gasteiger partial charge < -0.3 is 9.84 Å². The van der Waals surface area contributed by atoms with Gasteiger partial charge in [-0.3, -0.25) is 4.68 Å². The van der Waals surface area contributed by atoms with Crippen molar-refractivity contribution in [2.45, 2.75) is 38.5 Å². The number of nitrogens with zero attached hydrogens (tertiary/aromatic N) is 2. The molecule has 0 aromatic carbocycles. The van der Waals surface area contributed by atoms with Crippen LogP contribution in [0.25, 0.3) is 0 Å². The summed E-state index contributed by atoms with van der Waals surface area (Å²) in [4.78, 5) is 0. The Morgan fingerprint density at radius 1 is 1.67 bits per heavy atom. The van der Waals surface area contributed by atoms with Gasteiger partial charge in [0, 0.05) is 25.4 Å². The van der Waals surface area contributed by atoms with Gasteiger partial charge in [-0.15, -0.1) is 0 Å². The number of aromatic nitrogens is 2. The molecular weight excluding hydrogens is 192 g/mol. The minimum absolute atomic E-state index is 0.0699. The van der Waals surface area contributed by atoms with Crippen LogP contribution in [0, 0.1) is 5.92 Å². The number of aliphatic hydroxyl groups is 1. The van der Waals surface area contributed by atoms with Crippen LogP contribution in [0.2, 0.25) is 0 Å². The van der Waals surface area contributed by atoms with Crippen molar-refractivity contribution in [2.75, 3.05) is 7.11 Å². The third kappa shape index (κ3) is 2.21. The summed E-state index contributed by atoms with van der Waals surface area (Å²) in [5.41, 5.74) is 0.857. The molecule has 1 saturated carbocycles. The first-order valence-electron chi connectivity index (χ1n) is 5.49. The normalized spacial score (nSPS) is 20.2. The summed E-state index contributed by atoms with van der Waals surface area (Å²) in [5, 5.41) is 14.3. The van der Waals surface area contributed by atoms with Crippen molar-refractivity contribution >= 4 is 0 Å². The van der Waals surface area contributed by atoms with Gasteiger partial charge in [-0.05, 0) is 25.7 Å². The Morgan fingerprint density at radius 3 is 2.87 bits per heavy atom. The highest BCUT2D eigenvalue weighted by Gasteiger charge is 2.37. The van der Waals surface area contributed by atoms with E-state index in [-0.39, 0.29) is 6.10 Å². The van der Waals surface area contributed by atoms with E-state index in [2.05, 4.69) is 5.10 Å². The van der Waals surface area contributed by atoms with Gasteiger partial charge in [-0.2, -0.15) is 5.10 Å². The number of hydrogen-bond donors (Lipinski definition) is 1. The highest BCUT2D eigenvalue weighted by molar-refractivity contribution is 5.11. The topological polar surface area (TPSA) is 47.3 Å². The monoisotopic (exact) mass is 210 g/mol. The lowest BCUT2D eigenvalue weighted by molar-refractivity contribution is -0.0259. The number of rotatable bonds is 5. The van der Waals surface area contributed by atoms with Crippen LogP contribution in [0.15, 0.2) is 12.4 Å². The lowest BCUT2D eigenvalue weighted by atomic mass is 10.0. The molecule has 2 unspecified atom stereocenters. The van der Waals surface area contributed by atoms with Crippen molar-refractivity contribution < 1.29 is 9.84 Å². The van der Waals surface area contributed by atoms with E-state index in [1.165, 1.54) is 0 Å². The highest BCUT2D eigenvalue weighted by atomic mass is 16.5. The maximum atomic E-state index is 10.1. The molecule has 0 spiro atoms. The Morgan fingerprint density at radius 2 is 2.40 bits per heavy atom. The molecule has 1 heterocycles. The Balaban J connectivity index is 2.07. The van der Waals surface area contributed by atoms with Gasteiger partial charge >= 0.3 is 0 Å². The first-order valence-corrected chi connectivity index (χ1v) is 5.49. The first kappa shape index (κ1) is 10.6. The molecule has 2 rings (SSSR count). The fourth-order valence-corrected chi connectivity index (χ4v) is 1.90. The average Bonchev–Trinajstić information content (AvgIpc) is 2.97. The molecule has 84 valence electrons. The summed E-state index contributed by atoms with van der Waals surface area (Å²) < 4.78 is 7.16. The lowest BCUT2D eigenvalue weighted by Gasteiger charge is -2.19. The predicted octanol–water partition coefficient (Wildman–Crippen LogP) is 1.36. The summed E-state index contributed by atoms with van der Waals surface area (Å²) in [7, 11) is 1.66. The quantitative estimate of drug-likeness (QED) is 0.798. The van der Waals surface area contributed by atoms with Crippen LogP contribution in [-0.4, -0.2) is 28.1 Å². The third-order valence-corrected chi connectivity index (χ3v) is 2.99. The van der Waals surface area contributed by atoms with E-state index in [4.69, 9.17) is 4.74 Å². The Hall–Kier alpha value is -0.870. The van der Waals surface area contributed by atoms with Gasteiger partial charge in [-0.25, -0.2) is 0 Å². The fraction of sp³-hybridized carbons (Fsp3) is 0.727.